The zero-order valence-electron chi connectivity index (χ0n) is 17.1. The maximum Gasteiger partial charge on any atom is 0.338 e. The van der Waals surface area contributed by atoms with Crippen LogP contribution < -0.4 is 5.32 Å². The molecule has 7 nitrogen and oxygen atoms in total. The molecule has 0 bridgehead atoms. The van der Waals surface area contributed by atoms with Crippen molar-refractivity contribution in [2.24, 2.45) is 11.8 Å². The summed E-state index contributed by atoms with van der Waals surface area (Å²) in [6.07, 6.45) is 2.18. The third kappa shape index (κ3) is 5.11. The summed E-state index contributed by atoms with van der Waals surface area (Å²) < 4.78 is 30.8. The van der Waals surface area contributed by atoms with Crippen molar-refractivity contribution in [3.8, 4) is 0 Å². The van der Waals surface area contributed by atoms with Gasteiger partial charge in [-0.25, -0.2) is 17.5 Å². The molecule has 4 atom stereocenters. The number of hydrogen-bond acceptors (Lipinski definition) is 5. The van der Waals surface area contributed by atoms with Gasteiger partial charge in [-0.3, -0.25) is 4.79 Å². The highest BCUT2D eigenvalue weighted by molar-refractivity contribution is 7.89. The lowest BCUT2D eigenvalue weighted by molar-refractivity contribution is -0.130. The molecule has 1 aliphatic carbocycles. The first kappa shape index (κ1) is 22.4. The lowest BCUT2D eigenvalue weighted by atomic mass is 9.78. The smallest absolute Gasteiger partial charge is 0.338 e. The second-order valence-corrected chi connectivity index (χ2v) is 9.90. The SMILES string of the molecule is C[C@@H]1[C@@H](C)CCC[C@H]1NC(=O)[C@@H](C)OC(=O)c1cccc(S(=O)(=O)N(C)C)c1. The van der Waals surface area contributed by atoms with Crippen molar-refractivity contribution < 1.29 is 22.7 Å². The molecule has 0 unspecified atom stereocenters. The molecule has 0 spiro atoms. The van der Waals surface area contributed by atoms with Crippen LogP contribution in [-0.4, -0.2) is 50.8 Å². The third-order valence-electron chi connectivity index (χ3n) is 5.54. The van der Waals surface area contributed by atoms with E-state index in [2.05, 4.69) is 19.2 Å². The highest BCUT2D eigenvalue weighted by Gasteiger charge is 2.30. The van der Waals surface area contributed by atoms with E-state index in [9.17, 15) is 18.0 Å². The minimum Gasteiger partial charge on any atom is -0.449 e. The predicted octanol–water partition coefficient (Wildman–Crippen LogP) is 2.42. The fourth-order valence-electron chi connectivity index (χ4n) is 3.36. The number of nitrogens with zero attached hydrogens (tertiary/aromatic N) is 1. The van der Waals surface area contributed by atoms with E-state index in [4.69, 9.17) is 4.74 Å². The van der Waals surface area contributed by atoms with E-state index < -0.39 is 22.1 Å². The van der Waals surface area contributed by atoms with Crippen molar-refractivity contribution in [1.82, 2.24) is 9.62 Å². The first-order valence-electron chi connectivity index (χ1n) is 9.58. The Bertz CT molecular complexity index is 822. The van der Waals surface area contributed by atoms with E-state index in [-0.39, 0.29) is 22.4 Å². The van der Waals surface area contributed by atoms with Crippen molar-refractivity contribution in [3.63, 3.8) is 0 Å². The van der Waals surface area contributed by atoms with E-state index in [1.54, 1.807) is 0 Å². The summed E-state index contributed by atoms with van der Waals surface area (Å²) in [7, 11) is -0.829. The standard InChI is InChI=1S/C20H30N2O5S/c1-13-8-6-11-18(14(13)2)21-19(23)15(3)27-20(24)16-9-7-10-17(12-16)28(25,26)22(4)5/h7,9-10,12-15,18H,6,8,11H2,1-5H3,(H,21,23)/t13-,14+,15+,18+/m0/s1. The van der Waals surface area contributed by atoms with Crippen LogP contribution in [0.5, 0.6) is 0 Å². The summed E-state index contributed by atoms with van der Waals surface area (Å²) in [5.74, 6) is -0.160. The number of sulfonamides is 1. The van der Waals surface area contributed by atoms with Crippen LogP contribution in [0.25, 0.3) is 0 Å². The molecule has 0 aromatic heterocycles. The molecule has 1 amide bonds. The lowest BCUT2D eigenvalue weighted by Crippen LogP contribution is -2.47. The summed E-state index contributed by atoms with van der Waals surface area (Å²) in [5.41, 5.74) is 0.0854. The number of benzene rings is 1. The number of amides is 1. The van der Waals surface area contributed by atoms with Crippen LogP contribution in [-0.2, 0) is 19.6 Å². The van der Waals surface area contributed by atoms with Gasteiger partial charge in [-0.1, -0.05) is 32.8 Å². The number of rotatable bonds is 6. The maximum atomic E-state index is 12.5. The first-order chi connectivity index (χ1) is 13.0. The molecule has 1 aliphatic rings. The fourth-order valence-corrected chi connectivity index (χ4v) is 4.31. The molecular weight excluding hydrogens is 380 g/mol. The van der Waals surface area contributed by atoms with Gasteiger partial charge in [0.1, 0.15) is 0 Å². The number of hydrogen-bond donors (Lipinski definition) is 1. The van der Waals surface area contributed by atoms with E-state index >= 15 is 0 Å². The minimum absolute atomic E-state index is 0.00549. The monoisotopic (exact) mass is 410 g/mol. The Morgan fingerprint density at radius 3 is 2.54 bits per heavy atom. The van der Waals surface area contributed by atoms with Gasteiger partial charge in [-0.15, -0.1) is 0 Å². The Morgan fingerprint density at radius 1 is 1.21 bits per heavy atom. The van der Waals surface area contributed by atoms with Gasteiger partial charge in [0.2, 0.25) is 10.0 Å². The Labute approximate surface area is 167 Å². The van der Waals surface area contributed by atoms with Gasteiger partial charge >= 0.3 is 5.97 Å². The van der Waals surface area contributed by atoms with Gasteiger partial charge < -0.3 is 10.1 Å². The highest BCUT2D eigenvalue weighted by atomic mass is 32.2. The molecule has 0 heterocycles. The molecule has 1 saturated carbocycles. The van der Waals surface area contributed by atoms with Gasteiger partial charge in [0.05, 0.1) is 10.5 Å². The largest absolute Gasteiger partial charge is 0.449 e. The Kier molecular flexibility index (Phi) is 7.22. The van der Waals surface area contributed by atoms with Crippen LogP contribution >= 0.6 is 0 Å². The van der Waals surface area contributed by atoms with Crippen LogP contribution in [0.2, 0.25) is 0 Å². The zero-order valence-corrected chi connectivity index (χ0v) is 18.0. The predicted molar refractivity (Wildman–Crippen MR) is 106 cm³/mol. The van der Waals surface area contributed by atoms with Crippen LogP contribution in [0.3, 0.4) is 0 Å². The second kappa shape index (κ2) is 9.05. The molecule has 1 aromatic carbocycles. The quantitative estimate of drug-likeness (QED) is 0.727. The van der Waals surface area contributed by atoms with E-state index in [0.29, 0.717) is 11.8 Å². The van der Waals surface area contributed by atoms with Crippen molar-refractivity contribution in [2.75, 3.05) is 14.1 Å². The van der Waals surface area contributed by atoms with Gasteiger partial charge in [0.15, 0.2) is 6.10 Å². The van der Waals surface area contributed by atoms with Gasteiger partial charge in [0, 0.05) is 20.1 Å². The molecule has 1 fully saturated rings. The van der Waals surface area contributed by atoms with E-state index in [1.165, 1.54) is 45.3 Å². The Morgan fingerprint density at radius 2 is 1.89 bits per heavy atom. The molecule has 0 aliphatic heterocycles. The van der Waals surface area contributed by atoms with Crippen LogP contribution in [0, 0.1) is 11.8 Å². The number of nitrogens with one attached hydrogen (secondary N) is 1. The van der Waals surface area contributed by atoms with Crippen molar-refractivity contribution >= 4 is 21.9 Å². The zero-order chi connectivity index (χ0) is 21.1. The Balaban J connectivity index is 2.03. The van der Waals surface area contributed by atoms with Crippen molar-refractivity contribution in [2.45, 2.75) is 57.1 Å². The second-order valence-electron chi connectivity index (χ2n) is 7.75. The van der Waals surface area contributed by atoms with Crippen LogP contribution in [0.1, 0.15) is 50.4 Å². The summed E-state index contributed by atoms with van der Waals surface area (Å²) in [4.78, 5) is 24.9. The molecule has 1 N–H and O–H groups in total. The lowest BCUT2D eigenvalue weighted by Gasteiger charge is -2.35. The normalized spacial score (nSPS) is 23.9. The molecule has 28 heavy (non-hydrogen) atoms. The van der Waals surface area contributed by atoms with Gasteiger partial charge in [0.25, 0.3) is 5.91 Å². The molecule has 0 radical (unpaired) electrons. The summed E-state index contributed by atoms with van der Waals surface area (Å²) >= 11 is 0. The Hall–Kier alpha value is -1.93. The average Bonchev–Trinajstić information content (AvgIpc) is 2.65. The number of carbonyl (C=O) groups is 2. The fraction of sp³-hybridized carbons (Fsp3) is 0.600. The summed E-state index contributed by atoms with van der Waals surface area (Å²) in [5, 5.41) is 2.99. The minimum atomic E-state index is -3.66. The molecule has 1 aromatic rings. The average molecular weight is 411 g/mol. The highest BCUT2D eigenvalue weighted by Crippen LogP contribution is 2.29. The van der Waals surface area contributed by atoms with Crippen molar-refractivity contribution in [3.05, 3.63) is 29.8 Å². The van der Waals surface area contributed by atoms with Gasteiger partial charge in [-0.2, -0.15) is 0 Å². The number of carbonyl (C=O) groups excluding carboxylic acids is 2. The third-order valence-corrected chi connectivity index (χ3v) is 7.35. The van der Waals surface area contributed by atoms with Gasteiger partial charge in [-0.05, 0) is 43.4 Å². The molecule has 0 saturated heterocycles. The van der Waals surface area contributed by atoms with Crippen LogP contribution in [0.4, 0.5) is 0 Å². The van der Waals surface area contributed by atoms with Crippen molar-refractivity contribution in [1.29, 1.82) is 0 Å². The first-order valence-corrected chi connectivity index (χ1v) is 11.0. The van der Waals surface area contributed by atoms with E-state index in [1.807, 2.05) is 0 Å². The number of esters is 1. The van der Waals surface area contributed by atoms with Crippen LogP contribution in [0.15, 0.2) is 29.2 Å². The molecule has 156 valence electrons. The molecular formula is C20H30N2O5S. The topological polar surface area (TPSA) is 92.8 Å². The maximum absolute atomic E-state index is 12.5. The molecule has 2 rings (SSSR count). The summed E-state index contributed by atoms with van der Waals surface area (Å²) in [6, 6.07) is 5.68. The number of ether oxygens (including phenoxy) is 1. The van der Waals surface area contributed by atoms with E-state index in [0.717, 1.165) is 23.6 Å². The molecule has 8 heteroatoms. The summed E-state index contributed by atoms with van der Waals surface area (Å²) in [6.45, 7) is 5.83.